The molecule has 9 rings (SSSR count). The Morgan fingerprint density at radius 3 is 0.587 bits per heavy atom. The molecule has 0 aliphatic heterocycles. The van der Waals surface area contributed by atoms with Gasteiger partial charge in [-0.3, -0.25) is 0 Å². The van der Waals surface area contributed by atoms with Crippen LogP contribution in [-0.4, -0.2) is 52.6 Å². The van der Waals surface area contributed by atoms with Gasteiger partial charge in [0.1, 0.15) is 49.4 Å². The Morgan fingerprint density at radius 2 is 0.435 bits per heavy atom. The fourth-order valence-corrected chi connectivity index (χ4v) is 12.5. The van der Waals surface area contributed by atoms with E-state index in [0.29, 0.717) is 78.3 Å². The average Bonchev–Trinajstić information content (AvgIpc) is 0.788. The molecule has 8 aromatic rings. The largest absolute Gasteiger partial charge is 0.492 e. The molecule has 1 aliphatic rings. The molecule has 8 aromatic carbocycles. The van der Waals surface area contributed by atoms with E-state index in [-0.39, 0.29) is 45.8 Å². The van der Waals surface area contributed by atoms with Gasteiger partial charge in [-0.2, -0.15) is 0 Å². The third-order valence-corrected chi connectivity index (χ3v) is 18.4. The predicted molar refractivity (Wildman–Crippen MR) is 385 cm³/mol. The van der Waals surface area contributed by atoms with Crippen LogP contribution in [0.1, 0.15) is 224 Å². The summed E-state index contributed by atoms with van der Waals surface area (Å²) in [5.41, 5.74) is 18.4. The van der Waals surface area contributed by atoms with E-state index in [1.807, 2.05) is 0 Å². The molecule has 1 aliphatic carbocycles. The van der Waals surface area contributed by atoms with Crippen molar-refractivity contribution in [2.24, 2.45) is 0 Å². The predicted octanol–water partition coefficient (Wildman–Crippen LogP) is 18.5. The van der Waals surface area contributed by atoms with Gasteiger partial charge >= 0.3 is 0 Å². The van der Waals surface area contributed by atoms with Crippen LogP contribution in [0.3, 0.4) is 0 Å². The van der Waals surface area contributed by atoms with Gasteiger partial charge in [0.05, 0.1) is 0 Å². The van der Waals surface area contributed by atoms with E-state index in [1.54, 1.807) is 0 Å². The Bertz CT molecular complexity index is 3070. The molecule has 0 fully saturated rings. The molecule has 4 atom stereocenters. The minimum Gasteiger partial charge on any atom is -0.492 e. The van der Waals surface area contributed by atoms with Crippen molar-refractivity contribution in [3.63, 3.8) is 0 Å². The monoisotopic (exact) mass is 1240 g/mol. The van der Waals surface area contributed by atoms with E-state index >= 15 is 0 Å². The summed E-state index contributed by atoms with van der Waals surface area (Å²) in [6.45, 7) is 41.5. The summed E-state index contributed by atoms with van der Waals surface area (Å²) in [7, 11) is 0. The van der Waals surface area contributed by atoms with Gasteiger partial charge in [0.25, 0.3) is 0 Å². The van der Waals surface area contributed by atoms with Gasteiger partial charge in [-0.25, -0.2) is 0 Å². The fraction of sp³-hybridized carbons (Fsp3) is 0.429. The lowest BCUT2D eigenvalue weighted by Crippen LogP contribution is -2.26. The van der Waals surface area contributed by atoms with E-state index in [4.69, 9.17) is 18.9 Å². The molecule has 0 radical (unpaired) electrons. The number of hydrogen-bond donors (Lipinski definition) is 4. The normalized spacial score (nSPS) is 14.3. The van der Waals surface area contributed by atoms with Gasteiger partial charge in [-0.15, -0.1) is 0 Å². The second-order valence-corrected chi connectivity index (χ2v) is 29.9. The lowest BCUT2D eigenvalue weighted by atomic mass is 9.79. The Labute approximate surface area is 554 Å². The summed E-state index contributed by atoms with van der Waals surface area (Å²) in [4.78, 5) is 0. The van der Waals surface area contributed by atoms with Gasteiger partial charge in [0, 0.05) is 76.0 Å². The van der Waals surface area contributed by atoms with E-state index < -0.39 is 0 Å². The van der Waals surface area contributed by atoms with Gasteiger partial charge in [0.2, 0.25) is 0 Å². The lowest BCUT2D eigenvalue weighted by molar-refractivity contribution is 0.295. The van der Waals surface area contributed by atoms with Crippen LogP contribution in [0.25, 0.3) is 0 Å². The first-order valence-corrected chi connectivity index (χ1v) is 34.1. The second-order valence-electron chi connectivity index (χ2n) is 29.9. The highest BCUT2D eigenvalue weighted by Gasteiger charge is 2.30. The highest BCUT2D eigenvalue weighted by molar-refractivity contribution is 5.60. The van der Waals surface area contributed by atoms with Crippen molar-refractivity contribution >= 4 is 0 Å². The topological polar surface area (TPSA) is 85.0 Å². The maximum Gasteiger partial charge on any atom is 0.126 e. The van der Waals surface area contributed by atoms with Crippen molar-refractivity contribution in [2.75, 3.05) is 52.6 Å². The Balaban J connectivity index is 1.26. The molecule has 4 N–H and O–H groups in total. The first kappa shape index (κ1) is 69.1. The molecule has 0 spiro atoms. The smallest absolute Gasteiger partial charge is 0.126 e. The van der Waals surface area contributed by atoms with Crippen LogP contribution in [0.4, 0.5) is 0 Å². The van der Waals surface area contributed by atoms with Crippen LogP contribution in [0.15, 0.2) is 170 Å². The summed E-state index contributed by atoms with van der Waals surface area (Å²) in [6.07, 6.45) is 2.35. The van der Waals surface area contributed by atoms with Crippen LogP contribution < -0.4 is 40.2 Å². The maximum absolute atomic E-state index is 7.42. The molecule has 0 amide bonds. The Kier molecular flexibility index (Phi) is 23.1. The van der Waals surface area contributed by atoms with Gasteiger partial charge in [-0.05, 0) is 138 Å². The molecule has 0 unspecified atom stereocenters. The summed E-state index contributed by atoms with van der Waals surface area (Å²) < 4.78 is 29.7. The molecule has 8 bridgehead atoms. The van der Waals surface area contributed by atoms with Crippen LogP contribution in [0, 0.1) is 0 Å². The van der Waals surface area contributed by atoms with Crippen LogP contribution in [0.2, 0.25) is 0 Å². The van der Waals surface area contributed by atoms with Crippen molar-refractivity contribution in [2.45, 2.75) is 182 Å². The quantitative estimate of drug-likeness (QED) is 0.0446. The number of fused-ring (bicyclic) bond motifs is 8. The highest BCUT2D eigenvalue weighted by atomic mass is 16.5. The van der Waals surface area contributed by atoms with Gasteiger partial charge in [0.15, 0.2) is 0 Å². The van der Waals surface area contributed by atoms with Crippen LogP contribution in [0.5, 0.6) is 23.0 Å². The van der Waals surface area contributed by atoms with Crippen molar-refractivity contribution < 1.29 is 18.9 Å². The van der Waals surface area contributed by atoms with E-state index in [2.05, 4.69) is 302 Å². The zero-order chi connectivity index (χ0) is 65.8. The lowest BCUT2D eigenvalue weighted by Gasteiger charge is -2.29. The van der Waals surface area contributed by atoms with Gasteiger partial charge in [-0.1, -0.05) is 253 Å². The molecule has 488 valence electrons. The average molecular weight is 1240 g/mol. The minimum absolute atomic E-state index is 0.150. The molecule has 92 heavy (non-hydrogen) atoms. The number of nitrogens with one attached hydrogen (secondary N) is 4. The summed E-state index contributed by atoms with van der Waals surface area (Å²) in [5.74, 6) is 3.68. The zero-order valence-corrected chi connectivity index (χ0v) is 58.6. The molecule has 0 heterocycles. The van der Waals surface area contributed by atoms with Crippen LogP contribution >= 0.6 is 0 Å². The number of benzene rings is 8. The van der Waals surface area contributed by atoms with Crippen molar-refractivity contribution in [1.82, 2.24) is 21.3 Å². The molecule has 8 nitrogen and oxygen atoms in total. The van der Waals surface area contributed by atoms with E-state index in [9.17, 15) is 0 Å². The SMILES string of the molecule is C[C@H](NCCOc1c2cc(C(C)(C)C)cc1Cc1cc(C(C)(C)C)cc(c1OCCN[C@H](C)c1ccccc1)Cc1cc(C(C)(C)C)cc(c1OCCN[C@@H](C)c1ccccc1)Cc1cc(C(C)(C)C)cc(c1OCCN[C@H](C)c1ccccc1)C2)c1ccccc1. The molecular weight excluding hydrogens is 1130 g/mol. The fourth-order valence-electron chi connectivity index (χ4n) is 12.5. The van der Waals surface area contributed by atoms with Crippen molar-refractivity contribution in [3.05, 3.63) is 259 Å². The summed E-state index contributed by atoms with van der Waals surface area (Å²) in [5, 5.41) is 15.2. The highest BCUT2D eigenvalue weighted by Crippen LogP contribution is 2.45. The standard InChI is InChI=1S/C84H108N4O4/c1-57(61-29-21-17-22-30-61)85-37-41-89-77-65-45-67-51-74(82(8,9)10)53-69(78(67)90-42-38-86-58(2)62-31-23-18-24-32-62)47-71-55-76(84(14,15)16)56-72(80(71)92-44-40-88-60(4)64-35-27-20-28-36-64)48-70-54-75(83(11,12)13)52-68(46-66(77)50-73(49-65)81(5,6)7)79(70)91-43-39-87-59(3)63-33-25-19-26-34-63/h17-36,49-60,85-88H,37-48H2,1-16H3/t57-,58+,59+,60-. The van der Waals surface area contributed by atoms with E-state index in [0.717, 1.165) is 67.5 Å². The van der Waals surface area contributed by atoms with E-state index in [1.165, 1.54) is 44.5 Å². The molecule has 0 saturated heterocycles. The Hall–Kier alpha value is -7.20. The van der Waals surface area contributed by atoms with Crippen molar-refractivity contribution in [3.8, 4) is 23.0 Å². The molecule has 0 saturated carbocycles. The second kappa shape index (κ2) is 30.7. The zero-order valence-electron chi connectivity index (χ0n) is 58.6. The molecular formula is C84H108N4O4. The molecule has 8 heteroatoms. The maximum atomic E-state index is 7.42. The first-order chi connectivity index (χ1) is 43.8. The summed E-state index contributed by atoms with van der Waals surface area (Å²) >= 11 is 0. The van der Waals surface area contributed by atoms with Crippen molar-refractivity contribution in [1.29, 1.82) is 0 Å². The summed E-state index contributed by atoms with van der Waals surface area (Å²) in [6, 6.07) is 62.8. The minimum atomic E-state index is -0.188. The van der Waals surface area contributed by atoms with Gasteiger partial charge < -0.3 is 40.2 Å². The third-order valence-electron chi connectivity index (χ3n) is 18.4. The number of ether oxygens (including phenoxy) is 4. The third kappa shape index (κ3) is 18.6. The number of rotatable bonds is 24. The molecule has 0 aromatic heterocycles. The number of hydrogen-bond acceptors (Lipinski definition) is 8. The first-order valence-electron chi connectivity index (χ1n) is 34.1. The van der Waals surface area contributed by atoms with Crippen LogP contribution in [-0.2, 0) is 47.3 Å². The Morgan fingerprint density at radius 1 is 0.272 bits per heavy atom.